The van der Waals surface area contributed by atoms with Gasteiger partial charge in [0.05, 0.1) is 6.26 Å². The van der Waals surface area contributed by atoms with Crippen LogP contribution in [0.5, 0.6) is 0 Å². The topological polar surface area (TPSA) is 92.7 Å². The molecule has 0 spiro atoms. The van der Waals surface area contributed by atoms with Crippen LogP contribution in [0, 0.1) is 0 Å². The summed E-state index contributed by atoms with van der Waals surface area (Å²) >= 11 is 6.08. The van der Waals surface area contributed by atoms with E-state index in [2.05, 4.69) is 10.1 Å². The summed E-state index contributed by atoms with van der Waals surface area (Å²) in [6.45, 7) is 3.09. The molecule has 1 saturated heterocycles. The number of rotatable bonds is 8. The average molecular weight is 471 g/mol. The SMILES string of the molecule is CCCCN(CC(=O)N1CCCCC1c1nc(-c2cccc(Cl)c2)no1)C(=O)c1ccco1. The van der Waals surface area contributed by atoms with E-state index in [0.717, 1.165) is 37.7 Å². The largest absolute Gasteiger partial charge is 0.459 e. The summed E-state index contributed by atoms with van der Waals surface area (Å²) < 4.78 is 10.8. The number of carbonyl (C=O) groups excluding carboxylic acids is 2. The lowest BCUT2D eigenvalue weighted by molar-refractivity contribution is -0.136. The summed E-state index contributed by atoms with van der Waals surface area (Å²) in [7, 11) is 0. The molecule has 0 saturated carbocycles. The number of likely N-dealkylation sites (tertiary alicyclic amines) is 1. The van der Waals surface area contributed by atoms with Gasteiger partial charge in [-0.1, -0.05) is 42.2 Å². The van der Waals surface area contributed by atoms with Crippen molar-refractivity contribution in [3.63, 3.8) is 0 Å². The maximum absolute atomic E-state index is 13.3. The molecule has 1 aliphatic rings. The van der Waals surface area contributed by atoms with Crippen molar-refractivity contribution < 1.29 is 18.5 Å². The van der Waals surface area contributed by atoms with Crippen LogP contribution in [-0.4, -0.2) is 51.4 Å². The van der Waals surface area contributed by atoms with Crippen LogP contribution < -0.4 is 0 Å². The molecule has 1 fully saturated rings. The standard InChI is InChI=1S/C24H27ClN4O4/c1-2-3-12-28(24(31)20-11-7-14-32-20)16-21(30)29-13-5-4-10-19(29)23-26-22(27-33-23)17-8-6-9-18(25)15-17/h6-9,11,14-15,19H,2-5,10,12-13,16H2,1H3. The fourth-order valence-corrected chi connectivity index (χ4v) is 4.20. The van der Waals surface area contributed by atoms with Crippen molar-refractivity contribution in [1.29, 1.82) is 0 Å². The predicted molar refractivity (Wildman–Crippen MR) is 123 cm³/mol. The quantitative estimate of drug-likeness (QED) is 0.461. The molecule has 0 aliphatic carbocycles. The first-order valence-corrected chi connectivity index (χ1v) is 11.7. The van der Waals surface area contributed by atoms with Crippen molar-refractivity contribution in [3.8, 4) is 11.4 Å². The monoisotopic (exact) mass is 470 g/mol. The second-order valence-electron chi connectivity index (χ2n) is 8.12. The minimum atomic E-state index is -0.321. The van der Waals surface area contributed by atoms with Crippen LogP contribution in [0.4, 0.5) is 0 Å². The Balaban J connectivity index is 1.51. The van der Waals surface area contributed by atoms with Gasteiger partial charge >= 0.3 is 0 Å². The maximum atomic E-state index is 13.3. The number of hydrogen-bond donors (Lipinski definition) is 0. The van der Waals surface area contributed by atoms with Gasteiger partial charge in [-0.3, -0.25) is 9.59 Å². The number of furan rings is 1. The third-order valence-electron chi connectivity index (χ3n) is 5.76. The van der Waals surface area contributed by atoms with Crippen LogP contribution in [0.1, 0.15) is 61.5 Å². The third-order valence-corrected chi connectivity index (χ3v) is 5.99. The maximum Gasteiger partial charge on any atom is 0.290 e. The number of nitrogens with zero attached hydrogens (tertiary/aromatic N) is 4. The van der Waals surface area contributed by atoms with Gasteiger partial charge in [-0.15, -0.1) is 0 Å². The molecule has 1 aromatic carbocycles. The van der Waals surface area contributed by atoms with Crippen LogP contribution >= 0.6 is 11.6 Å². The molecule has 2 amide bonds. The molecule has 1 atom stereocenters. The lowest BCUT2D eigenvalue weighted by Gasteiger charge is -2.35. The molecular weight excluding hydrogens is 444 g/mol. The Kier molecular flexibility index (Phi) is 7.44. The highest BCUT2D eigenvalue weighted by Crippen LogP contribution is 2.31. The van der Waals surface area contributed by atoms with Crippen molar-refractivity contribution in [2.24, 2.45) is 0 Å². The van der Waals surface area contributed by atoms with Gasteiger partial charge in [0.2, 0.25) is 17.6 Å². The fourth-order valence-electron chi connectivity index (χ4n) is 4.01. The molecule has 3 aromatic rings. The fraction of sp³-hybridized carbons (Fsp3) is 0.417. The van der Waals surface area contributed by atoms with E-state index in [0.29, 0.717) is 29.8 Å². The Morgan fingerprint density at radius 3 is 2.88 bits per heavy atom. The van der Waals surface area contributed by atoms with E-state index in [9.17, 15) is 9.59 Å². The van der Waals surface area contributed by atoms with E-state index >= 15 is 0 Å². The summed E-state index contributed by atoms with van der Waals surface area (Å²) in [6, 6.07) is 10.2. The van der Waals surface area contributed by atoms with Gasteiger partial charge in [-0.05, 0) is 49.9 Å². The van der Waals surface area contributed by atoms with Crippen molar-refractivity contribution in [2.75, 3.05) is 19.6 Å². The smallest absolute Gasteiger partial charge is 0.290 e. The highest BCUT2D eigenvalue weighted by molar-refractivity contribution is 6.30. The molecule has 4 rings (SSSR count). The molecule has 1 aliphatic heterocycles. The Bertz CT molecular complexity index is 1080. The van der Waals surface area contributed by atoms with Crippen molar-refractivity contribution in [3.05, 3.63) is 59.3 Å². The van der Waals surface area contributed by atoms with E-state index < -0.39 is 0 Å². The molecule has 174 valence electrons. The Morgan fingerprint density at radius 2 is 2.12 bits per heavy atom. The van der Waals surface area contributed by atoms with Crippen LogP contribution in [0.25, 0.3) is 11.4 Å². The number of benzene rings is 1. The summed E-state index contributed by atoms with van der Waals surface area (Å²) in [5, 5.41) is 4.69. The molecule has 0 N–H and O–H groups in total. The normalized spacial score (nSPS) is 16.1. The Morgan fingerprint density at radius 1 is 1.24 bits per heavy atom. The van der Waals surface area contributed by atoms with Gasteiger partial charge in [-0.25, -0.2) is 0 Å². The minimum absolute atomic E-state index is 0.0225. The second-order valence-corrected chi connectivity index (χ2v) is 8.56. The molecule has 3 heterocycles. The van der Waals surface area contributed by atoms with E-state index in [-0.39, 0.29) is 30.2 Å². The number of piperidine rings is 1. The van der Waals surface area contributed by atoms with Crippen molar-refractivity contribution in [1.82, 2.24) is 19.9 Å². The first kappa shape index (κ1) is 23.0. The van der Waals surface area contributed by atoms with Crippen molar-refractivity contribution >= 4 is 23.4 Å². The number of carbonyl (C=O) groups is 2. The van der Waals surface area contributed by atoms with Gasteiger partial charge in [0.25, 0.3) is 5.91 Å². The summed E-state index contributed by atoms with van der Waals surface area (Å²) in [5.41, 5.74) is 0.751. The molecular formula is C24H27ClN4O4. The van der Waals surface area contributed by atoms with Crippen LogP contribution in [0.2, 0.25) is 5.02 Å². The van der Waals surface area contributed by atoms with E-state index in [4.69, 9.17) is 20.5 Å². The van der Waals surface area contributed by atoms with Gasteiger partial charge in [-0.2, -0.15) is 4.98 Å². The summed E-state index contributed by atoms with van der Waals surface area (Å²) in [5.74, 6) is 0.644. The Hall–Kier alpha value is -3.13. The van der Waals surface area contributed by atoms with E-state index in [1.165, 1.54) is 6.26 Å². The zero-order chi connectivity index (χ0) is 23.2. The van der Waals surface area contributed by atoms with Crippen LogP contribution in [-0.2, 0) is 4.79 Å². The first-order valence-electron chi connectivity index (χ1n) is 11.3. The molecule has 33 heavy (non-hydrogen) atoms. The molecule has 9 heteroatoms. The van der Waals surface area contributed by atoms with Crippen LogP contribution in [0.3, 0.4) is 0 Å². The predicted octanol–water partition coefficient (Wildman–Crippen LogP) is 4.98. The van der Waals surface area contributed by atoms with Gasteiger partial charge in [0, 0.05) is 23.7 Å². The van der Waals surface area contributed by atoms with Crippen molar-refractivity contribution in [2.45, 2.75) is 45.1 Å². The molecule has 1 unspecified atom stereocenters. The summed E-state index contributed by atoms with van der Waals surface area (Å²) in [6.07, 6.45) is 5.74. The average Bonchev–Trinajstić information content (AvgIpc) is 3.54. The second kappa shape index (κ2) is 10.7. The zero-order valence-electron chi connectivity index (χ0n) is 18.6. The Labute approximate surface area is 197 Å². The van der Waals surface area contributed by atoms with Crippen LogP contribution in [0.15, 0.2) is 51.6 Å². The van der Waals surface area contributed by atoms with Gasteiger partial charge in [0.1, 0.15) is 12.6 Å². The lowest BCUT2D eigenvalue weighted by atomic mass is 10.0. The van der Waals surface area contributed by atoms with Gasteiger partial charge < -0.3 is 18.7 Å². The molecule has 0 bridgehead atoms. The number of aromatic nitrogens is 2. The molecule has 8 nitrogen and oxygen atoms in total. The van der Waals surface area contributed by atoms with E-state index in [1.807, 2.05) is 19.1 Å². The number of halogens is 1. The zero-order valence-corrected chi connectivity index (χ0v) is 19.3. The summed E-state index contributed by atoms with van der Waals surface area (Å²) in [4.78, 5) is 34.1. The number of unbranched alkanes of at least 4 members (excludes halogenated alkanes) is 1. The van der Waals surface area contributed by atoms with E-state index in [1.54, 1.807) is 34.1 Å². The number of amides is 2. The highest BCUT2D eigenvalue weighted by atomic mass is 35.5. The molecule has 0 radical (unpaired) electrons. The minimum Gasteiger partial charge on any atom is -0.459 e. The highest BCUT2D eigenvalue weighted by Gasteiger charge is 2.34. The molecule has 2 aromatic heterocycles. The number of hydrogen-bond acceptors (Lipinski definition) is 6. The first-order chi connectivity index (χ1) is 16.1. The lowest BCUT2D eigenvalue weighted by Crippen LogP contribution is -2.46. The third kappa shape index (κ3) is 5.45. The van der Waals surface area contributed by atoms with Gasteiger partial charge in [0.15, 0.2) is 5.76 Å².